The van der Waals surface area contributed by atoms with Crippen LogP contribution in [0, 0.1) is 10.1 Å². The van der Waals surface area contributed by atoms with Crippen molar-refractivity contribution >= 4 is 24.1 Å². The number of halogens is 1. The van der Waals surface area contributed by atoms with Gasteiger partial charge in [-0.1, -0.05) is 0 Å². The summed E-state index contributed by atoms with van der Waals surface area (Å²) in [5.41, 5.74) is 0.357. The molecule has 0 aromatic carbocycles. The highest BCUT2D eigenvalue weighted by molar-refractivity contribution is 5.93. The van der Waals surface area contributed by atoms with Crippen molar-refractivity contribution in [3.05, 3.63) is 27.9 Å². The van der Waals surface area contributed by atoms with Gasteiger partial charge in [-0.3, -0.25) is 4.79 Å². The smallest absolute Gasteiger partial charge is 0.323 e. The largest absolute Gasteiger partial charge is 0.358 e. The first kappa shape index (κ1) is 15.5. The van der Waals surface area contributed by atoms with Crippen molar-refractivity contribution < 1.29 is 9.72 Å². The molecule has 106 valence electrons. The summed E-state index contributed by atoms with van der Waals surface area (Å²) < 4.78 is 1.33. The average molecular weight is 289 g/mol. The topological polar surface area (TPSA) is 80.4 Å². The van der Waals surface area contributed by atoms with Crippen LogP contribution in [0.25, 0.3) is 0 Å². The summed E-state index contributed by atoms with van der Waals surface area (Å²) in [5.74, 6) is -0.222. The van der Waals surface area contributed by atoms with Crippen LogP contribution >= 0.6 is 12.4 Å². The SMILES string of the molecule is CC1CNCCN1C(=O)c1ccc([N+](=O)[O-])n1C.Cl. The second-order valence-corrected chi connectivity index (χ2v) is 4.44. The Morgan fingerprint density at radius 3 is 2.74 bits per heavy atom. The molecular weight excluding hydrogens is 272 g/mol. The van der Waals surface area contributed by atoms with E-state index in [0.717, 1.165) is 13.1 Å². The summed E-state index contributed by atoms with van der Waals surface area (Å²) in [5, 5.41) is 13.9. The van der Waals surface area contributed by atoms with Gasteiger partial charge in [0.25, 0.3) is 5.91 Å². The first-order chi connectivity index (χ1) is 8.52. The first-order valence-electron chi connectivity index (χ1n) is 5.84. The molecule has 1 aromatic rings. The van der Waals surface area contributed by atoms with Crippen molar-refractivity contribution in [2.24, 2.45) is 7.05 Å². The molecule has 0 radical (unpaired) electrons. The third-order valence-electron chi connectivity index (χ3n) is 3.26. The van der Waals surface area contributed by atoms with E-state index in [-0.39, 0.29) is 30.2 Å². The summed E-state index contributed by atoms with van der Waals surface area (Å²) in [4.78, 5) is 24.3. The molecule has 1 aromatic heterocycles. The maximum Gasteiger partial charge on any atom is 0.323 e. The average Bonchev–Trinajstić information content (AvgIpc) is 2.71. The fraction of sp³-hybridized carbons (Fsp3) is 0.545. The number of piperazine rings is 1. The molecule has 8 heteroatoms. The third kappa shape index (κ3) is 2.87. The lowest BCUT2D eigenvalue weighted by Crippen LogP contribution is -2.52. The second kappa shape index (κ2) is 6.03. The predicted octanol–water partition coefficient (Wildman–Crippen LogP) is 0.789. The van der Waals surface area contributed by atoms with Gasteiger partial charge < -0.3 is 20.3 Å². The number of amides is 1. The van der Waals surface area contributed by atoms with Gasteiger partial charge in [-0.25, -0.2) is 4.57 Å². The fourth-order valence-electron chi connectivity index (χ4n) is 2.19. The van der Waals surface area contributed by atoms with E-state index in [1.807, 2.05) is 6.92 Å². The summed E-state index contributed by atoms with van der Waals surface area (Å²) in [6.45, 7) is 4.08. The molecule has 1 unspecified atom stereocenters. The number of nitrogens with zero attached hydrogens (tertiary/aromatic N) is 3. The zero-order chi connectivity index (χ0) is 13.3. The van der Waals surface area contributed by atoms with Crippen molar-refractivity contribution in [2.75, 3.05) is 19.6 Å². The molecular formula is C11H17ClN4O3. The van der Waals surface area contributed by atoms with Gasteiger partial charge in [-0.05, 0) is 17.9 Å². The van der Waals surface area contributed by atoms with Crippen LogP contribution in [0.15, 0.2) is 12.1 Å². The van der Waals surface area contributed by atoms with E-state index < -0.39 is 4.92 Å². The molecule has 1 fully saturated rings. The summed E-state index contributed by atoms with van der Waals surface area (Å²) in [7, 11) is 1.54. The van der Waals surface area contributed by atoms with Crippen LogP contribution in [0.3, 0.4) is 0 Å². The van der Waals surface area contributed by atoms with Crippen LogP contribution < -0.4 is 5.32 Å². The maximum absolute atomic E-state index is 12.3. The number of carbonyl (C=O) groups is 1. The Kier molecular flexibility index (Phi) is 4.90. The fourth-order valence-corrected chi connectivity index (χ4v) is 2.19. The quantitative estimate of drug-likeness (QED) is 0.644. The van der Waals surface area contributed by atoms with E-state index in [9.17, 15) is 14.9 Å². The molecule has 0 bridgehead atoms. The van der Waals surface area contributed by atoms with Crippen LogP contribution in [-0.2, 0) is 7.05 Å². The Morgan fingerprint density at radius 2 is 2.21 bits per heavy atom. The summed E-state index contributed by atoms with van der Waals surface area (Å²) in [6.07, 6.45) is 0. The van der Waals surface area contributed by atoms with Crippen molar-refractivity contribution in [1.29, 1.82) is 0 Å². The molecule has 19 heavy (non-hydrogen) atoms. The summed E-state index contributed by atoms with van der Waals surface area (Å²) >= 11 is 0. The highest BCUT2D eigenvalue weighted by Gasteiger charge is 2.29. The normalized spacial score (nSPS) is 18.8. The van der Waals surface area contributed by atoms with Crippen molar-refractivity contribution in [3.63, 3.8) is 0 Å². The van der Waals surface area contributed by atoms with Crippen LogP contribution in [-0.4, -0.2) is 46.0 Å². The monoisotopic (exact) mass is 288 g/mol. The van der Waals surface area contributed by atoms with E-state index in [1.54, 1.807) is 4.90 Å². The molecule has 1 saturated heterocycles. The van der Waals surface area contributed by atoms with Gasteiger partial charge in [-0.15, -0.1) is 12.4 Å². The Balaban J connectivity index is 0.00000180. The number of hydrogen-bond donors (Lipinski definition) is 1. The van der Waals surface area contributed by atoms with Crippen LogP contribution in [0.1, 0.15) is 17.4 Å². The highest BCUT2D eigenvalue weighted by Crippen LogP contribution is 2.18. The van der Waals surface area contributed by atoms with Crippen LogP contribution in [0.5, 0.6) is 0 Å². The molecule has 2 heterocycles. The Labute approximate surface area is 117 Å². The predicted molar refractivity (Wildman–Crippen MR) is 72.7 cm³/mol. The lowest BCUT2D eigenvalue weighted by atomic mass is 10.2. The molecule has 1 N–H and O–H groups in total. The number of nitrogens with one attached hydrogen (secondary N) is 1. The lowest BCUT2D eigenvalue weighted by molar-refractivity contribution is -0.391. The minimum atomic E-state index is -0.488. The molecule has 2 rings (SSSR count). The van der Waals surface area contributed by atoms with Gasteiger partial charge in [-0.2, -0.15) is 0 Å². The van der Waals surface area contributed by atoms with Crippen LogP contribution in [0.4, 0.5) is 5.82 Å². The molecule has 1 aliphatic heterocycles. The Hall–Kier alpha value is -1.60. The third-order valence-corrected chi connectivity index (χ3v) is 3.26. The maximum atomic E-state index is 12.3. The number of nitro groups is 1. The van der Waals surface area contributed by atoms with Gasteiger partial charge in [0, 0.05) is 31.7 Å². The number of carbonyl (C=O) groups excluding carboxylic acids is 1. The Morgan fingerprint density at radius 1 is 1.53 bits per heavy atom. The zero-order valence-electron chi connectivity index (χ0n) is 10.8. The zero-order valence-corrected chi connectivity index (χ0v) is 11.6. The molecule has 7 nitrogen and oxygen atoms in total. The van der Waals surface area contributed by atoms with Crippen molar-refractivity contribution in [1.82, 2.24) is 14.8 Å². The van der Waals surface area contributed by atoms with Crippen LogP contribution in [0.2, 0.25) is 0 Å². The molecule has 1 aliphatic rings. The minimum Gasteiger partial charge on any atom is -0.358 e. The minimum absolute atomic E-state index is 0. The van der Waals surface area contributed by atoms with E-state index in [4.69, 9.17) is 0 Å². The molecule has 0 aliphatic carbocycles. The van der Waals surface area contributed by atoms with Gasteiger partial charge in [0.05, 0.1) is 7.05 Å². The van der Waals surface area contributed by atoms with E-state index in [2.05, 4.69) is 5.32 Å². The van der Waals surface area contributed by atoms with Crippen molar-refractivity contribution in [3.8, 4) is 0 Å². The number of rotatable bonds is 2. The van der Waals surface area contributed by atoms with E-state index in [1.165, 1.54) is 23.7 Å². The van der Waals surface area contributed by atoms with Gasteiger partial charge in [0.1, 0.15) is 0 Å². The number of aromatic nitrogens is 1. The first-order valence-corrected chi connectivity index (χ1v) is 5.84. The van der Waals surface area contributed by atoms with E-state index in [0.29, 0.717) is 12.2 Å². The molecule has 0 spiro atoms. The van der Waals surface area contributed by atoms with E-state index >= 15 is 0 Å². The second-order valence-electron chi connectivity index (χ2n) is 4.44. The van der Waals surface area contributed by atoms with Gasteiger partial charge >= 0.3 is 5.82 Å². The Bertz CT molecular complexity index is 488. The van der Waals surface area contributed by atoms with Crippen molar-refractivity contribution in [2.45, 2.75) is 13.0 Å². The standard InChI is InChI=1S/C11H16N4O3.ClH/c1-8-7-12-5-6-14(8)11(16)9-3-4-10(13(9)2)15(17)18;/h3-4,8,12H,5-7H2,1-2H3;1H. The number of hydrogen-bond acceptors (Lipinski definition) is 4. The van der Waals surface area contributed by atoms with Gasteiger partial charge in [0.15, 0.2) is 5.69 Å². The molecule has 1 atom stereocenters. The lowest BCUT2D eigenvalue weighted by Gasteiger charge is -2.33. The molecule has 1 amide bonds. The highest BCUT2D eigenvalue weighted by atomic mass is 35.5. The van der Waals surface area contributed by atoms with Gasteiger partial charge in [0.2, 0.25) is 0 Å². The molecule has 0 saturated carbocycles. The summed E-state index contributed by atoms with van der Waals surface area (Å²) in [6, 6.07) is 2.97.